The molecule has 8 nitrogen and oxygen atoms in total. The van der Waals surface area contributed by atoms with Crippen LogP contribution in [0.2, 0.25) is 0 Å². The number of hydrogen-bond acceptors (Lipinski definition) is 7. The molecule has 2 N–H and O–H groups in total. The van der Waals surface area contributed by atoms with Gasteiger partial charge in [0.05, 0.1) is 17.4 Å². The summed E-state index contributed by atoms with van der Waals surface area (Å²) >= 11 is 2.35. The van der Waals surface area contributed by atoms with Gasteiger partial charge in [0.2, 0.25) is 5.91 Å². The van der Waals surface area contributed by atoms with Crippen molar-refractivity contribution >= 4 is 45.1 Å². The molecule has 1 aromatic carbocycles. The highest BCUT2D eigenvalue weighted by molar-refractivity contribution is 7.99. The van der Waals surface area contributed by atoms with Crippen LogP contribution in [0.1, 0.15) is 23.2 Å². The molecule has 1 aliphatic heterocycles. The summed E-state index contributed by atoms with van der Waals surface area (Å²) in [5.41, 5.74) is 3.20. The molecule has 0 unspecified atom stereocenters. The number of nitrogens with zero attached hydrogens (tertiary/aromatic N) is 2. The van der Waals surface area contributed by atoms with Gasteiger partial charge in [-0.15, -0.1) is 11.3 Å². The number of rotatable bonds is 7. The Balaban J connectivity index is 1.51. The number of thiophene rings is 1. The lowest BCUT2D eigenvalue weighted by molar-refractivity contribution is -0.119. The van der Waals surface area contributed by atoms with Crippen LogP contribution in [0, 0.1) is 0 Å². The Kier molecular flexibility index (Phi) is 6.46. The van der Waals surface area contributed by atoms with Crippen molar-refractivity contribution < 1.29 is 14.3 Å². The van der Waals surface area contributed by atoms with Crippen LogP contribution in [0.3, 0.4) is 0 Å². The largest absolute Gasteiger partial charge is 0.376 e. The Morgan fingerprint density at radius 1 is 1.27 bits per heavy atom. The quantitative estimate of drug-likeness (QED) is 0.428. The summed E-state index contributed by atoms with van der Waals surface area (Å²) in [7, 11) is 0. The number of thioether (sulfide) groups is 1. The first-order valence-corrected chi connectivity index (χ1v) is 11.4. The number of carbonyl (C=O) groups is 2. The normalized spacial score (nSPS) is 15.9. The van der Waals surface area contributed by atoms with Gasteiger partial charge in [-0.3, -0.25) is 19.8 Å². The average molecular weight is 445 g/mol. The molecule has 1 saturated heterocycles. The second-order valence-electron chi connectivity index (χ2n) is 6.70. The molecule has 1 atom stereocenters. The zero-order valence-corrected chi connectivity index (χ0v) is 17.6. The average Bonchev–Trinajstić information content (AvgIpc) is 3.45. The molecule has 2 amide bonds. The first kappa shape index (κ1) is 20.6. The van der Waals surface area contributed by atoms with E-state index in [1.807, 2.05) is 0 Å². The molecular weight excluding hydrogens is 424 g/mol. The van der Waals surface area contributed by atoms with Gasteiger partial charge in [-0.1, -0.05) is 30.0 Å². The Labute approximate surface area is 180 Å². The van der Waals surface area contributed by atoms with Gasteiger partial charge in [-0.25, -0.2) is 4.98 Å². The van der Waals surface area contributed by atoms with Crippen molar-refractivity contribution in [3.63, 3.8) is 0 Å². The molecule has 2 aromatic heterocycles. The standard InChI is InChI=1S/C20H20N4O4S2/c25-16(21-11-14-7-4-9-28-14)12-30-20-22-15-8-10-29-17(15)19(27)24(20)23-18(26)13-5-2-1-3-6-13/h1-3,5-6,8,10,14H,4,7,9,11-12H2,(H,21,25)(H,23,26)/t14-/m0/s1. The Bertz CT molecular complexity index is 1110. The molecule has 1 aliphatic rings. The van der Waals surface area contributed by atoms with E-state index in [1.54, 1.807) is 41.8 Å². The molecule has 30 heavy (non-hydrogen) atoms. The third-order valence-corrected chi connectivity index (χ3v) is 6.41. The zero-order chi connectivity index (χ0) is 20.9. The first-order chi connectivity index (χ1) is 14.6. The number of aromatic nitrogens is 2. The fourth-order valence-corrected chi connectivity index (χ4v) is 4.60. The maximum atomic E-state index is 12.9. The molecule has 0 spiro atoms. The van der Waals surface area contributed by atoms with Gasteiger partial charge >= 0.3 is 0 Å². The van der Waals surface area contributed by atoms with E-state index >= 15 is 0 Å². The second-order valence-corrected chi connectivity index (χ2v) is 8.56. The van der Waals surface area contributed by atoms with E-state index in [9.17, 15) is 14.4 Å². The number of amides is 2. The molecule has 0 bridgehead atoms. The molecule has 3 heterocycles. The smallest absolute Gasteiger partial charge is 0.291 e. The molecule has 4 rings (SSSR count). The third kappa shape index (κ3) is 4.72. The predicted octanol–water partition coefficient (Wildman–Crippen LogP) is 2.23. The Morgan fingerprint density at radius 2 is 2.10 bits per heavy atom. The van der Waals surface area contributed by atoms with E-state index in [0.717, 1.165) is 35.9 Å². The minimum absolute atomic E-state index is 0.0579. The van der Waals surface area contributed by atoms with E-state index in [0.29, 0.717) is 22.3 Å². The minimum atomic E-state index is -0.430. The van der Waals surface area contributed by atoms with E-state index in [1.165, 1.54) is 11.3 Å². The maximum absolute atomic E-state index is 12.9. The molecule has 1 fully saturated rings. The van der Waals surface area contributed by atoms with E-state index in [-0.39, 0.29) is 28.5 Å². The van der Waals surface area contributed by atoms with Gasteiger partial charge in [0.1, 0.15) is 4.70 Å². The fraction of sp³-hybridized carbons (Fsp3) is 0.300. The third-order valence-electron chi connectivity index (χ3n) is 4.58. The monoisotopic (exact) mass is 444 g/mol. The SMILES string of the molecule is O=C(CSc1nc2ccsc2c(=O)n1NC(=O)c1ccccc1)NC[C@@H]1CCCO1. The van der Waals surface area contributed by atoms with Gasteiger partial charge in [0.15, 0.2) is 5.16 Å². The van der Waals surface area contributed by atoms with Gasteiger partial charge in [0, 0.05) is 18.7 Å². The molecule has 3 aromatic rings. The highest BCUT2D eigenvalue weighted by Gasteiger charge is 2.19. The predicted molar refractivity (Wildman–Crippen MR) is 117 cm³/mol. The molecule has 10 heteroatoms. The van der Waals surface area contributed by atoms with Crippen LogP contribution in [0.15, 0.2) is 51.7 Å². The molecule has 0 radical (unpaired) electrons. The lowest BCUT2D eigenvalue weighted by atomic mass is 10.2. The molecule has 0 saturated carbocycles. The van der Waals surface area contributed by atoms with Crippen molar-refractivity contribution in [2.75, 3.05) is 24.3 Å². The summed E-state index contributed by atoms with van der Waals surface area (Å²) < 4.78 is 7.06. The molecule has 156 valence electrons. The molecular formula is C20H20N4O4S2. The summed E-state index contributed by atoms with van der Waals surface area (Å²) in [5, 5.41) is 4.86. The number of benzene rings is 1. The highest BCUT2D eigenvalue weighted by atomic mass is 32.2. The Hall–Kier alpha value is -2.69. The van der Waals surface area contributed by atoms with E-state index in [4.69, 9.17) is 4.74 Å². The van der Waals surface area contributed by atoms with Crippen LogP contribution in [0.4, 0.5) is 0 Å². The van der Waals surface area contributed by atoms with Crippen LogP contribution < -0.4 is 16.3 Å². The topological polar surface area (TPSA) is 102 Å². The van der Waals surface area contributed by atoms with Crippen LogP contribution in [-0.2, 0) is 9.53 Å². The number of ether oxygens (including phenoxy) is 1. The van der Waals surface area contributed by atoms with Gasteiger partial charge in [0.25, 0.3) is 11.5 Å². The highest BCUT2D eigenvalue weighted by Crippen LogP contribution is 2.20. The number of hydrogen-bond donors (Lipinski definition) is 2. The van der Waals surface area contributed by atoms with Crippen LogP contribution in [-0.4, -0.2) is 46.5 Å². The summed E-state index contributed by atoms with van der Waals surface area (Å²) in [6.07, 6.45) is 2.00. The van der Waals surface area contributed by atoms with Crippen molar-refractivity contribution in [3.8, 4) is 0 Å². The summed E-state index contributed by atoms with van der Waals surface area (Å²) in [5.74, 6) is -0.549. The van der Waals surface area contributed by atoms with E-state index < -0.39 is 5.91 Å². The minimum Gasteiger partial charge on any atom is -0.376 e. The first-order valence-electron chi connectivity index (χ1n) is 9.49. The van der Waals surface area contributed by atoms with Crippen molar-refractivity contribution in [1.29, 1.82) is 0 Å². The summed E-state index contributed by atoms with van der Waals surface area (Å²) in [4.78, 5) is 42.2. The number of carbonyl (C=O) groups excluding carboxylic acids is 2. The number of nitrogens with one attached hydrogen (secondary N) is 2. The van der Waals surface area contributed by atoms with Gasteiger partial charge < -0.3 is 10.1 Å². The van der Waals surface area contributed by atoms with Gasteiger partial charge in [-0.2, -0.15) is 4.68 Å². The van der Waals surface area contributed by atoms with Crippen LogP contribution in [0.25, 0.3) is 10.2 Å². The number of fused-ring (bicyclic) bond motifs is 1. The van der Waals surface area contributed by atoms with Crippen molar-refractivity contribution in [2.24, 2.45) is 0 Å². The Morgan fingerprint density at radius 3 is 2.87 bits per heavy atom. The molecule has 0 aliphatic carbocycles. The lowest BCUT2D eigenvalue weighted by Gasteiger charge is -2.14. The van der Waals surface area contributed by atoms with Gasteiger partial charge in [-0.05, 0) is 36.4 Å². The summed E-state index contributed by atoms with van der Waals surface area (Å²) in [6, 6.07) is 10.3. The van der Waals surface area contributed by atoms with Crippen molar-refractivity contribution in [1.82, 2.24) is 15.0 Å². The van der Waals surface area contributed by atoms with Crippen molar-refractivity contribution in [2.45, 2.75) is 24.1 Å². The van der Waals surface area contributed by atoms with E-state index in [2.05, 4.69) is 15.7 Å². The summed E-state index contributed by atoms with van der Waals surface area (Å²) in [6.45, 7) is 1.20. The fourth-order valence-electron chi connectivity index (χ4n) is 3.06. The zero-order valence-electron chi connectivity index (χ0n) is 16.0. The van der Waals surface area contributed by atoms with Crippen LogP contribution in [0.5, 0.6) is 0 Å². The second kappa shape index (κ2) is 9.41. The maximum Gasteiger partial charge on any atom is 0.291 e. The lowest BCUT2D eigenvalue weighted by Crippen LogP contribution is -2.36. The van der Waals surface area contributed by atoms with Crippen LogP contribution >= 0.6 is 23.1 Å². The van der Waals surface area contributed by atoms with Crippen molar-refractivity contribution in [3.05, 3.63) is 57.7 Å².